The molecule has 0 aliphatic heterocycles. The van der Waals surface area contributed by atoms with Crippen LogP contribution in [0, 0.1) is 0 Å². The number of ether oxygens (including phenoxy) is 1. The van der Waals surface area contributed by atoms with Gasteiger partial charge < -0.3 is 24.5 Å². The van der Waals surface area contributed by atoms with Crippen LogP contribution in [0.5, 0.6) is 11.5 Å². The first kappa shape index (κ1) is 25.7. The van der Waals surface area contributed by atoms with E-state index < -0.39 is 7.82 Å². The lowest BCUT2D eigenvalue weighted by atomic mass is 10.0. The predicted octanol–water partition coefficient (Wildman–Crippen LogP) is 4.36. The number of H-pyrrole nitrogens is 1. The van der Waals surface area contributed by atoms with Crippen molar-refractivity contribution in [1.29, 1.82) is 0 Å². The summed E-state index contributed by atoms with van der Waals surface area (Å²) in [7, 11) is 0.926. The summed E-state index contributed by atoms with van der Waals surface area (Å²) in [4.78, 5) is 27.7. The van der Waals surface area contributed by atoms with Crippen molar-refractivity contribution in [3.8, 4) is 11.5 Å². The molecule has 0 fully saturated rings. The minimum absolute atomic E-state index is 0.202. The summed E-state index contributed by atoms with van der Waals surface area (Å²) >= 11 is 0. The van der Waals surface area contributed by atoms with Gasteiger partial charge in [0.1, 0.15) is 23.8 Å². The van der Waals surface area contributed by atoms with Crippen LogP contribution in [0.3, 0.4) is 0 Å². The number of amides is 1. The van der Waals surface area contributed by atoms with Gasteiger partial charge in [0, 0.05) is 36.5 Å². The summed E-state index contributed by atoms with van der Waals surface area (Å²) in [5.74, 6) is 0.818. The highest BCUT2D eigenvalue weighted by atomic mass is 31.2. The normalized spacial score (nSPS) is 13.1. The lowest BCUT2D eigenvalue weighted by Crippen LogP contribution is -2.26. The Labute approximate surface area is 209 Å². The van der Waals surface area contributed by atoms with Crippen molar-refractivity contribution in [1.82, 2.24) is 15.2 Å². The molecule has 4 aromatic rings. The maximum Gasteiger partial charge on any atom is 0.527 e. The lowest BCUT2D eigenvalue weighted by molar-refractivity contribution is 0.0950. The molecule has 1 atom stereocenters. The molecule has 4 rings (SSSR count). The van der Waals surface area contributed by atoms with Gasteiger partial charge in [-0.05, 0) is 61.8 Å². The number of benzene rings is 3. The van der Waals surface area contributed by atoms with Gasteiger partial charge in [0.05, 0.1) is 0 Å². The van der Waals surface area contributed by atoms with E-state index in [1.54, 1.807) is 6.07 Å². The van der Waals surface area contributed by atoms with Crippen LogP contribution in [-0.4, -0.2) is 61.6 Å². The average Bonchev–Trinajstić information content (AvgIpc) is 3.28. The van der Waals surface area contributed by atoms with Gasteiger partial charge in [0.25, 0.3) is 5.91 Å². The highest BCUT2D eigenvalue weighted by molar-refractivity contribution is 7.47. The minimum atomic E-state index is -4.18. The van der Waals surface area contributed by atoms with E-state index in [2.05, 4.69) is 19.7 Å². The average molecular weight is 512 g/mol. The Kier molecular flexibility index (Phi) is 7.96. The summed E-state index contributed by atoms with van der Waals surface area (Å²) in [5, 5.41) is 5.41. The number of aromatic amines is 1. The number of aromatic nitrogens is 1. The van der Waals surface area contributed by atoms with Gasteiger partial charge >= 0.3 is 7.82 Å². The molecule has 3 N–H and O–H groups in total. The summed E-state index contributed by atoms with van der Waals surface area (Å²) in [6, 6.07) is 18.4. The van der Waals surface area contributed by atoms with Crippen LogP contribution in [0.4, 0.5) is 0 Å². The molecule has 0 saturated heterocycles. The maximum atomic E-state index is 12.8. The van der Waals surface area contributed by atoms with E-state index >= 15 is 0 Å². The molecular weight excluding hydrogens is 481 g/mol. The predicted molar refractivity (Wildman–Crippen MR) is 140 cm³/mol. The topological polar surface area (TPSA) is 113 Å². The third kappa shape index (κ3) is 6.25. The molecule has 1 aromatic heterocycles. The maximum absolute atomic E-state index is 12.8. The fraction of sp³-hybridized carbons (Fsp3) is 0.269. The van der Waals surface area contributed by atoms with Crippen molar-refractivity contribution in [2.75, 3.05) is 40.9 Å². The van der Waals surface area contributed by atoms with Crippen LogP contribution in [0.25, 0.3) is 21.7 Å². The van der Waals surface area contributed by atoms with Crippen LogP contribution in [-0.2, 0) is 15.5 Å². The number of carbonyl (C=O) groups excluding carboxylic acids is 1. The molecule has 0 aliphatic rings. The lowest BCUT2D eigenvalue weighted by Gasteiger charge is -2.14. The van der Waals surface area contributed by atoms with Crippen molar-refractivity contribution < 1.29 is 28.0 Å². The third-order valence-corrected chi connectivity index (χ3v) is 6.63. The summed E-state index contributed by atoms with van der Waals surface area (Å²) in [6.45, 7) is 1.82. The zero-order valence-electron chi connectivity index (χ0n) is 20.5. The van der Waals surface area contributed by atoms with Crippen LogP contribution < -0.4 is 14.6 Å². The van der Waals surface area contributed by atoms with E-state index in [4.69, 9.17) is 9.26 Å². The van der Waals surface area contributed by atoms with Gasteiger partial charge in [0.15, 0.2) is 0 Å². The van der Waals surface area contributed by atoms with Gasteiger partial charge in [-0.25, -0.2) is 4.57 Å². The number of carbonyl (C=O) groups is 1. The van der Waals surface area contributed by atoms with Gasteiger partial charge in [-0.1, -0.05) is 30.3 Å². The molecule has 0 bridgehead atoms. The van der Waals surface area contributed by atoms with Gasteiger partial charge in [0.2, 0.25) is 0 Å². The number of nitrogens with zero attached hydrogens (tertiary/aromatic N) is 1. The number of rotatable bonds is 11. The number of phosphoric acid groups is 1. The van der Waals surface area contributed by atoms with E-state index in [9.17, 15) is 14.3 Å². The Morgan fingerprint density at radius 1 is 1.08 bits per heavy atom. The Morgan fingerprint density at radius 3 is 2.61 bits per heavy atom. The van der Waals surface area contributed by atoms with E-state index in [1.807, 2.05) is 68.7 Å². The molecule has 10 heteroatoms. The van der Waals surface area contributed by atoms with Crippen molar-refractivity contribution in [2.24, 2.45) is 0 Å². The first-order valence-corrected chi connectivity index (χ1v) is 13.0. The fourth-order valence-corrected chi connectivity index (χ4v) is 4.35. The monoisotopic (exact) mass is 511 g/mol. The number of hydrogen-bond donors (Lipinski definition) is 3. The van der Waals surface area contributed by atoms with Crippen LogP contribution in [0.1, 0.15) is 16.1 Å². The first-order chi connectivity index (χ1) is 17.3. The molecule has 0 aliphatic carbocycles. The van der Waals surface area contributed by atoms with Crippen molar-refractivity contribution >= 4 is 35.4 Å². The first-order valence-electron chi connectivity index (χ1n) is 11.5. The highest BCUT2D eigenvalue weighted by Gasteiger charge is 2.22. The van der Waals surface area contributed by atoms with Crippen molar-refractivity contribution in [3.05, 3.63) is 71.9 Å². The molecular formula is C26H30N3O6P. The standard InChI is InChI=1S/C26H30N3O6P/c1-29(2)14-15-34-20-9-10-23-19(16-20)17-24(28-23)26(30)27-13-12-18-8-11-25(35-36(31,32)33-3)22-7-5-4-6-21(18)22/h4-11,16-17,28H,12-15H2,1-3H3,(H,27,30)(H,31,32). The van der Waals surface area contributed by atoms with E-state index in [0.29, 0.717) is 30.7 Å². The smallest absolute Gasteiger partial charge is 0.492 e. The van der Waals surface area contributed by atoms with Gasteiger partial charge in [-0.3, -0.25) is 14.2 Å². The zero-order chi connectivity index (χ0) is 25.7. The Hall–Kier alpha value is -3.36. The second-order valence-electron chi connectivity index (χ2n) is 8.60. The van der Waals surface area contributed by atoms with Crippen molar-refractivity contribution in [3.63, 3.8) is 0 Å². The number of likely N-dealkylation sites (N-methyl/N-ethyl adjacent to an activating group) is 1. The van der Waals surface area contributed by atoms with Gasteiger partial charge in [-0.15, -0.1) is 0 Å². The summed E-state index contributed by atoms with van der Waals surface area (Å²) in [6.07, 6.45) is 0.567. The molecule has 36 heavy (non-hydrogen) atoms. The second-order valence-corrected chi connectivity index (χ2v) is 10.1. The molecule has 0 radical (unpaired) electrons. The largest absolute Gasteiger partial charge is 0.527 e. The molecule has 190 valence electrons. The van der Waals surface area contributed by atoms with Crippen molar-refractivity contribution in [2.45, 2.75) is 6.42 Å². The van der Waals surface area contributed by atoms with Crippen LogP contribution >= 0.6 is 7.82 Å². The Morgan fingerprint density at radius 2 is 1.86 bits per heavy atom. The fourth-order valence-electron chi connectivity index (χ4n) is 3.87. The number of nitrogens with one attached hydrogen (secondary N) is 2. The highest BCUT2D eigenvalue weighted by Crippen LogP contribution is 2.45. The minimum Gasteiger partial charge on any atom is -0.492 e. The molecule has 1 heterocycles. The zero-order valence-corrected chi connectivity index (χ0v) is 21.4. The number of fused-ring (bicyclic) bond motifs is 2. The molecule has 3 aromatic carbocycles. The quantitative estimate of drug-likeness (QED) is 0.257. The molecule has 0 saturated carbocycles. The number of phosphoric ester groups is 1. The van der Waals surface area contributed by atoms with E-state index in [0.717, 1.165) is 41.3 Å². The van der Waals surface area contributed by atoms with Crippen LogP contribution in [0.2, 0.25) is 0 Å². The Bertz CT molecular complexity index is 1420. The van der Waals surface area contributed by atoms with Gasteiger partial charge in [-0.2, -0.15) is 0 Å². The molecule has 1 amide bonds. The third-order valence-electron chi connectivity index (χ3n) is 5.74. The molecule has 9 nitrogen and oxygen atoms in total. The Balaban J connectivity index is 1.41. The molecule has 0 spiro atoms. The number of hydrogen-bond acceptors (Lipinski definition) is 6. The summed E-state index contributed by atoms with van der Waals surface area (Å²) < 4.78 is 27.4. The SMILES string of the molecule is COP(=O)(O)Oc1ccc(CCNC(=O)c2cc3cc(OCCN(C)C)ccc3[nH]2)c2ccccc12. The summed E-state index contributed by atoms with van der Waals surface area (Å²) in [5.41, 5.74) is 2.31. The second kappa shape index (κ2) is 11.1. The molecule has 1 unspecified atom stereocenters. The van der Waals surface area contributed by atoms with E-state index in [1.165, 1.54) is 0 Å². The van der Waals surface area contributed by atoms with Crippen LogP contribution in [0.15, 0.2) is 60.7 Å². The van der Waals surface area contributed by atoms with E-state index in [-0.39, 0.29) is 11.7 Å².